The Labute approximate surface area is 386 Å². The molecule has 1 aliphatic rings. The fourth-order valence-corrected chi connectivity index (χ4v) is 8.48. The van der Waals surface area contributed by atoms with Crippen LogP contribution in [-0.4, -0.2) is 95.2 Å². The molecule has 0 amide bonds. The monoisotopic (exact) mass is 910 g/mol. The van der Waals surface area contributed by atoms with Crippen molar-refractivity contribution in [2.45, 2.75) is 79.5 Å². The van der Waals surface area contributed by atoms with Gasteiger partial charge in [0.25, 0.3) is 0 Å². The van der Waals surface area contributed by atoms with Gasteiger partial charge in [-0.25, -0.2) is 4.68 Å². The second-order valence-corrected chi connectivity index (χ2v) is 19.4. The van der Waals surface area contributed by atoms with Crippen molar-refractivity contribution in [1.82, 2.24) is 29.6 Å². The van der Waals surface area contributed by atoms with Gasteiger partial charge in [0.2, 0.25) is 0 Å². The molecule has 0 atom stereocenters. The van der Waals surface area contributed by atoms with Crippen molar-refractivity contribution in [3.63, 3.8) is 0 Å². The molecule has 1 aliphatic heterocycles. The SMILES string of the molecule is COc1ccc(N(C)C)s1.COc1cccc(CO)c1-c1nnc2/c(=C\c3ccc(N(C)C)s3)c(C(C)(C)C)nn12.COc1cccc(CO)c1C1=NCc2cc(C(C)(C)C)nn21.[2H]C. The molecule has 0 saturated heterocycles. The van der Waals surface area contributed by atoms with E-state index >= 15 is 0 Å². The van der Waals surface area contributed by atoms with E-state index in [0.717, 1.165) is 49.2 Å². The minimum atomic E-state index is -0.188. The molecule has 0 spiro atoms. The molecular formula is C48H63N9O5S2. The Morgan fingerprint density at radius 3 is 1.86 bits per heavy atom. The van der Waals surface area contributed by atoms with Crippen LogP contribution in [0.15, 0.2) is 71.7 Å². The van der Waals surface area contributed by atoms with Gasteiger partial charge < -0.3 is 34.2 Å². The molecule has 8 rings (SSSR count). The summed E-state index contributed by atoms with van der Waals surface area (Å²) in [7, 11) is 14.3. The summed E-state index contributed by atoms with van der Waals surface area (Å²) in [6.45, 7) is 13.3. The molecule has 0 fully saturated rings. The third-order valence-corrected chi connectivity index (χ3v) is 12.6. The lowest BCUT2D eigenvalue weighted by molar-refractivity contribution is 0.280. The maximum absolute atomic E-state index is 9.90. The predicted molar refractivity (Wildman–Crippen MR) is 262 cm³/mol. The van der Waals surface area contributed by atoms with Crippen LogP contribution in [0.2, 0.25) is 0 Å². The highest BCUT2D eigenvalue weighted by molar-refractivity contribution is 7.17. The zero-order valence-corrected chi connectivity index (χ0v) is 41.1. The molecule has 6 heterocycles. The average Bonchev–Trinajstić information content (AvgIpc) is 4.15. The largest absolute Gasteiger partial charge is 0.496 e. The van der Waals surface area contributed by atoms with Crippen molar-refractivity contribution < 1.29 is 25.8 Å². The summed E-state index contributed by atoms with van der Waals surface area (Å²) in [6.07, 6.45) is 2.13. The molecule has 342 valence electrons. The molecule has 7 aromatic rings. The van der Waals surface area contributed by atoms with Gasteiger partial charge in [0.1, 0.15) is 11.5 Å². The number of ether oxygens (including phenoxy) is 3. The number of rotatable bonds is 10. The van der Waals surface area contributed by atoms with Gasteiger partial charge in [0.15, 0.2) is 22.4 Å². The summed E-state index contributed by atoms with van der Waals surface area (Å²) in [5.41, 5.74) is 6.56. The van der Waals surface area contributed by atoms with Crippen molar-refractivity contribution in [1.29, 1.82) is 0 Å². The van der Waals surface area contributed by atoms with Crippen LogP contribution in [0.1, 0.15) is 89.0 Å². The summed E-state index contributed by atoms with van der Waals surface area (Å²) in [6, 6.07) is 21.5. The fourth-order valence-electron chi connectivity index (χ4n) is 6.86. The Balaban J connectivity index is 0.000000202. The number of methoxy groups -OCH3 is 3. The Morgan fingerprint density at radius 1 is 0.750 bits per heavy atom. The van der Waals surface area contributed by atoms with Crippen molar-refractivity contribution in [3.8, 4) is 28.0 Å². The fraction of sp³-hybridized carbons (Fsp3) is 0.396. The van der Waals surface area contributed by atoms with Crippen molar-refractivity contribution in [3.05, 3.63) is 111 Å². The smallest absolute Gasteiger partial charge is 0.189 e. The van der Waals surface area contributed by atoms with Gasteiger partial charge in [-0.3, -0.25) is 4.99 Å². The van der Waals surface area contributed by atoms with Gasteiger partial charge in [-0.15, -0.1) is 21.5 Å². The number of benzene rings is 2. The molecule has 0 unspecified atom stereocenters. The van der Waals surface area contributed by atoms with Crippen LogP contribution in [0.3, 0.4) is 0 Å². The van der Waals surface area contributed by atoms with Crippen LogP contribution < -0.4 is 29.2 Å². The second kappa shape index (κ2) is 20.4. The normalized spacial score (nSPS) is 12.5. The quantitative estimate of drug-likeness (QED) is 0.137. The number of aliphatic imine (C=N–C) groups is 1. The van der Waals surface area contributed by atoms with Gasteiger partial charge in [-0.2, -0.15) is 14.7 Å². The first-order valence-electron chi connectivity index (χ1n) is 21.5. The molecule has 0 aliphatic carbocycles. The van der Waals surface area contributed by atoms with Crippen molar-refractivity contribution >= 4 is 50.2 Å². The van der Waals surface area contributed by atoms with Gasteiger partial charge in [0.05, 0.1) is 79.3 Å². The summed E-state index contributed by atoms with van der Waals surface area (Å²) in [5.74, 6) is 2.63. The molecule has 64 heavy (non-hydrogen) atoms. The van der Waals surface area contributed by atoms with E-state index < -0.39 is 0 Å². The van der Waals surface area contributed by atoms with Crippen LogP contribution in [-0.2, 0) is 30.6 Å². The van der Waals surface area contributed by atoms with E-state index in [1.807, 2.05) is 81.4 Å². The number of hydrogen-bond donors (Lipinski definition) is 2. The number of aromatic nitrogens is 6. The lowest BCUT2D eigenvalue weighted by Crippen LogP contribution is -2.22. The summed E-state index contributed by atoms with van der Waals surface area (Å²) >= 11 is 3.36. The number of aliphatic hydroxyl groups excluding tert-OH is 2. The highest BCUT2D eigenvalue weighted by Gasteiger charge is 2.29. The summed E-state index contributed by atoms with van der Waals surface area (Å²) in [4.78, 5) is 9.89. The van der Waals surface area contributed by atoms with Crippen LogP contribution in [0.4, 0.5) is 10.0 Å². The topological polar surface area (TPSA) is 148 Å². The lowest BCUT2D eigenvalue weighted by atomic mass is 9.91. The first kappa shape index (κ1) is 47.7. The maximum atomic E-state index is 9.90. The highest BCUT2D eigenvalue weighted by atomic mass is 32.1. The average molecular weight is 911 g/mol. The Morgan fingerprint density at radius 2 is 1.34 bits per heavy atom. The summed E-state index contributed by atoms with van der Waals surface area (Å²) in [5, 5.41) is 42.4. The molecule has 2 aromatic carbocycles. The van der Waals surface area contributed by atoms with E-state index in [1.165, 1.54) is 17.4 Å². The molecule has 16 heteroatoms. The standard InChI is InChI=1S/C23H27N5O2S.C17H21N3O2.C7H11NOS.CH4/c1-23(2,3)20-16(12-15-10-11-18(31-15)27(4)5)21-24-25-22(28(21)26-20)19-14(13-29)8-7-9-17(19)30-6;1-17(2,3)14-8-12-9-18-16(20(12)19-14)15-11(10-21)6-5-7-13(15)22-4;1-8(2)6-4-5-7(9-3)10-6;/h7-12,29H,13H2,1-6H3;5-8,21H,9-10H2,1-4H3;4-5H,1-3H3;1H4/b16-12-;;;/i;;;1D. The first-order valence-corrected chi connectivity index (χ1v) is 22.1. The highest BCUT2D eigenvalue weighted by Crippen LogP contribution is 2.34. The third kappa shape index (κ3) is 10.4. The molecule has 0 saturated carbocycles. The number of hydrogen-bond acceptors (Lipinski definition) is 14. The van der Waals surface area contributed by atoms with E-state index in [0.29, 0.717) is 40.6 Å². The van der Waals surface area contributed by atoms with Gasteiger partial charge >= 0.3 is 0 Å². The zero-order chi connectivity index (χ0) is 47.8. The van der Waals surface area contributed by atoms with Crippen molar-refractivity contribution in [2.75, 3.05) is 59.3 Å². The molecule has 14 nitrogen and oxygen atoms in total. The maximum Gasteiger partial charge on any atom is 0.189 e. The van der Waals surface area contributed by atoms with Crippen molar-refractivity contribution in [2.24, 2.45) is 4.99 Å². The number of anilines is 2. The van der Waals surface area contributed by atoms with E-state index in [9.17, 15) is 10.2 Å². The number of nitrogens with zero attached hydrogens (tertiary/aromatic N) is 9. The summed E-state index contributed by atoms with van der Waals surface area (Å²) < 4.78 is 25.4. The Hall–Kier alpha value is -5.81. The minimum Gasteiger partial charge on any atom is -0.496 e. The van der Waals surface area contributed by atoms with Gasteiger partial charge in [0, 0.05) is 50.5 Å². The minimum absolute atomic E-state index is 0.0109. The van der Waals surface area contributed by atoms with Gasteiger partial charge in [-0.1, -0.05) is 84.5 Å². The van der Waals surface area contributed by atoms with Crippen LogP contribution in [0, 0.1) is 0 Å². The Bertz CT molecular complexity index is 2710. The number of fused-ring (bicyclic) bond motifs is 2. The molecular weight excluding hydrogens is 847 g/mol. The number of thiophene rings is 2. The Kier molecular flexibility index (Phi) is 15.2. The molecule has 0 radical (unpaired) electrons. The molecule has 5 aromatic heterocycles. The molecule has 2 N–H and O–H groups in total. The van der Waals surface area contributed by atoms with E-state index in [1.54, 1.807) is 48.5 Å². The second-order valence-electron chi connectivity index (χ2n) is 17.3. The van der Waals surface area contributed by atoms with Crippen LogP contribution in [0.5, 0.6) is 16.6 Å². The van der Waals surface area contributed by atoms with Crippen LogP contribution >= 0.6 is 22.7 Å². The lowest BCUT2D eigenvalue weighted by Gasteiger charge is -2.16. The van der Waals surface area contributed by atoms with Gasteiger partial charge in [-0.05, 0) is 59.7 Å². The zero-order valence-electron chi connectivity index (χ0n) is 40.5. The third-order valence-electron chi connectivity index (χ3n) is 10.2. The number of aliphatic hydroxyl groups is 2. The van der Waals surface area contributed by atoms with Crippen LogP contribution in [0.25, 0.3) is 23.1 Å². The molecule has 0 bridgehead atoms. The van der Waals surface area contributed by atoms with E-state index in [-0.39, 0.29) is 24.0 Å². The first-order chi connectivity index (χ1) is 30.9. The van der Waals surface area contributed by atoms with E-state index in [4.69, 9.17) is 25.8 Å². The van der Waals surface area contributed by atoms with E-state index in [2.05, 4.69) is 90.8 Å². The predicted octanol–water partition coefficient (Wildman–Crippen LogP) is 8.21.